The second kappa shape index (κ2) is 14.1. The number of halogens is 2. The normalized spacial score (nSPS) is 17.9. The highest BCUT2D eigenvalue weighted by Crippen LogP contribution is 2.38. The van der Waals surface area contributed by atoms with Gasteiger partial charge in [0, 0.05) is 54.7 Å². The number of aromatic nitrogens is 5. The first kappa shape index (κ1) is 31.8. The van der Waals surface area contributed by atoms with E-state index >= 15 is 0 Å². The predicted molar refractivity (Wildman–Crippen MR) is 165 cm³/mol. The molecule has 16 heteroatoms. The SMILES string of the molecule is CSc1ccc(OC(F)F)c(-c2nn(CC(=O)N3CCC(N4CCOCC4CO)CC3)cc2NC(=O)c2cnn3cccnc23)c1. The quantitative estimate of drug-likeness (QED) is 0.245. The summed E-state index contributed by atoms with van der Waals surface area (Å²) < 4.78 is 40.0. The summed E-state index contributed by atoms with van der Waals surface area (Å²) in [6, 6.07) is 6.61. The number of carbonyl (C=O) groups is 2. The number of anilines is 1. The summed E-state index contributed by atoms with van der Waals surface area (Å²) >= 11 is 1.40. The molecule has 0 spiro atoms. The van der Waals surface area contributed by atoms with Crippen LogP contribution in [0.5, 0.6) is 5.75 Å². The maximum Gasteiger partial charge on any atom is 0.387 e. The van der Waals surface area contributed by atoms with E-state index in [1.807, 2.05) is 6.26 Å². The zero-order valence-electron chi connectivity index (χ0n) is 25.1. The van der Waals surface area contributed by atoms with Crippen molar-refractivity contribution in [3.8, 4) is 17.0 Å². The first-order chi connectivity index (χ1) is 22.3. The second-order valence-electron chi connectivity index (χ2n) is 11.0. The molecule has 13 nitrogen and oxygen atoms in total. The minimum Gasteiger partial charge on any atom is -0.434 e. The van der Waals surface area contributed by atoms with Crippen LogP contribution in [0.1, 0.15) is 23.2 Å². The van der Waals surface area contributed by atoms with E-state index in [0.717, 1.165) is 24.3 Å². The Hall–Kier alpha value is -4.12. The van der Waals surface area contributed by atoms with Crippen molar-refractivity contribution < 1.29 is 33.0 Å². The largest absolute Gasteiger partial charge is 0.434 e. The molecule has 5 heterocycles. The topological polar surface area (TPSA) is 139 Å². The molecule has 244 valence electrons. The summed E-state index contributed by atoms with van der Waals surface area (Å²) in [5.74, 6) is -0.826. The Bertz CT molecular complexity index is 1690. The molecule has 1 aromatic carbocycles. The number of amides is 2. The maximum atomic E-state index is 13.5. The number of fused-ring (bicyclic) bond motifs is 1. The van der Waals surface area contributed by atoms with Crippen molar-refractivity contribution in [1.82, 2.24) is 34.2 Å². The van der Waals surface area contributed by atoms with Gasteiger partial charge in [0.25, 0.3) is 5.91 Å². The van der Waals surface area contributed by atoms with Gasteiger partial charge in [-0.05, 0) is 43.4 Å². The Kier molecular flexibility index (Phi) is 9.77. The molecule has 2 saturated heterocycles. The third-order valence-electron chi connectivity index (χ3n) is 8.26. The van der Waals surface area contributed by atoms with Crippen LogP contribution >= 0.6 is 11.8 Å². The van der Waals surface area contributed by atoms with E-state index in [1.54, 1.807) is 35.5 Å². The van der Waals surface area contributed by atoms with E-state index in [2.05, 4.69) is 25.4 Å². The molecule has 2 aliphatic heterocycles. The summed E-state index contributed by atoms with van der Waals surface area (Å²) in [7, 11) is 0. The van der Waals surface area contributed by atoms with Crippen molar-refractivity contribution in [2.75, 3.05) is 51.0 Å². The van der Waals surface area contributed by atoms with E-state index in [4.69, 9.17) is 9.47 Å². The zero-order chi connectivity index (χ0) is 32.2. The van der Waals surface area contributed by atoms with Crippen molar-refractivity contribution >= 4 is 34.9 Å². The molecule has 4 aromatic rings. The number of thioether (sulfide) groups is 1. The Morgan fingerprint density at radius 1 is 1.24 bits per heavy atom. The van der Waals surface area contributed by atoms with Crippen LogP contribution in [0.2, 0.25) is 0 Å². The summed E-state index contributed by atoms with van der Waals surface area (Å²) in [5, 5.41) is 21.4. The molecular formula is C30H34F2N8O5S. The van der Waals surface area contributed by atoms with Gasteiger partial charge in [-0.2, -0.15) is 19.0 Å². The number of benzene rings is 1. The number of ether oxygens (including phenoxy) is 2. The lowest BCUT2D eigenvalue weighted by Gasteiger charge is -2.43. The Labute approximate surface area is 267 Å². The number of aliphatic hydroxyl groups is 1. The summed E-state index contributed by atoms with van der Waals surface area (Å²) in [6.07, 6.45) is 9.46. The molecule has 1 unspecified atom stereocenters. The van der Waals surface area contributed by atoms with E-state index in [9.17, 15) is 23.5 Å². The lowest BCUT2D eigenvalue weighted by Crippen LogP contribution is -2.55. The molecule has 2 N–H and O–H groups in total. The van der Waals surface area contributed by atoms with Gasteiger partial charge in [-0.1, -0.05) is 0 Å². The van der Waals surface area contributed by atoms with E-state index in [-0.39, 0.29) is 59.4 Å². The van der Waals surface area contributed by atoms with Gasteiger partial charge in [-0.3, -0.25) is 19.2 Å². The van der Waals surface area contributed by atoms with Crippen molar-refractivity contribution in [3.63, 3.8) is 0 Å². The maximum absolute atomic E-state index is 13.5. The van der Waals surface area contributed by atoms with Crippen molar-refractivity contribution in [1.29, 1.82) is 0 Å². The van der Waals surface area contributed by atoms with Crippen molar-refractivity contribution in [2.45, 2.75) is 43.0 Å². The third kappa shape index (κ3) is 6.84. The molecule has 3 aromatic heterocycles. The van der Waals surface area contributed by atoms with Gasteiger partial charge < -0.3 is 24.8 Å². The highest BCUT2D eigenvalue weighted by Gasteiger charge is 2.33. The number of morpholine rings is 1. The number of nitrogens with zero attached hydrogens (tertiary/aromatic N) is 7. The van der Waals surface area contributed by atoms with Crippen LogP contribution in [0.15, 0.2) is 53.9 Å². The van der Waals surface area contributed by atoms with Crippen LogP contribution in [0.4, 0.5) is 14.5 Å². The molecule has 2 aliphatic rings. The summed E-state index contributed by atoms with van der Waals surface area (Å²) in [6.45, 7) is -0.246. The standard InChI is InChI=1S/C30H34F2N8O5S/c1-46-21-3-4-25(45-30(31)32)22(13-21)27-24(35-29(43)23-14-34-40-8-2-7-33-28(23)40)15-38(36-27)16-26(42)37-9-5-19(6-10-37)39-11-12-44-18-20(39)17-41/h2-4,7-8,13-15,19-20,30,41H,5-6,9-12,16-18H2,1H3,(H,35,43). The number of aliphatic hydroxyl groups excluding tert-OH is 1. The highest BCUT2D eigenvalue weighted by atomic mass is 32.2. The third-order valence-corrected chi connectivity index (χ3v) is 8.98. The number of carbonyl (C=O) groups excluding carboxylic acids is 2. The lowest BCUT2D eigenvalue weighted by atomic mass is 10.0. The van der Waals surface area contributed by atoms with E-state index in [1.165, 1.54) is 39.4 Å². The molecule has 0 aliphatic carbocycles. The van der Waals surface area contributed by atoms with Crippen molar-refractivity contribution in [3.05, 3.63) is 54.6 Å². The van der Waals surface area contributed by atoms with Crippen LogP contribution in [0, 0.1) is 0 Å². The van der Waals surface area contributed by atoms with E-state index < -0.39 is 12.5 Å². The number of hydrogen-bond acceptors (Lipinski definition) is 10. The monoisotopic (exact) mass is 656 g/mol. The van der Waals surface area contributed by atoms with E-state index in [0.29, 0.717) is 32.0 Å². The fourth-order valence-electron chi connectivity index (χ4n) is 5.98. The molecule has 0 radical (unpaired) electrons. The van der Waals surface area contributed by atoms with Gasteiger partial charge in [-0.25, -0.2) is 9.50 Å². The minimum atomic E-state index is -3.08. The fourth-order valence-corrected chi connectivity index (χ4v) is 6.42. The van der Waals surface area contributed by atoms with Crippen LogP contribution in [-0.4, -0.2) is 116 Å². The van der Waals surface area contributed by atoms with Crippen LogP contribution < -0.4 is 10.1 Å². The Balaban J connectivity index is 1.25. The summed E-state index contributed by atoms with van der Waals surface area (Å²) in [4.78, 5) is 35.9. The number of alkyl halides is 2. The Morgan fingerprint density at radius 3 is 2.83 bits per heavy atom. The molecule has 6 rings (SSSR count). The number of likely N-dealkylation sites (tertiary alicyclic amines) is 1. The van der Waals surface area contributed by atoms with Gasteiger partial charge in [0.15, 0.2) is 5.65 Å². The molecule has 0 saturated carbocycles. The summed E-state index contributed by atoms with van der Waals surface area (Å²) in [5.41, 5.74) is 1.13. The first-order valence-electron chi connectivity index (χ1n) is 14.9. The molecule has 2 amide bonds. The number of nitrogens with one attached hydrogen (secondary N) is 1. The van der Waals surface area contributed by atoms with Gasteiger partial charge in [0.2, 0.25) is 5.91 Å². The molecule has 1 atom stereocenters. The van der Waals surface area contributed by atoms with Crippen LogP contribution in [-0.2, 0) is 16.1 Å². The van der Waals surface area contributed by atoms with Gasteiger partial charge >= 0.3 is 6.61 Å². The van der Waals surface area contributed by atoms with Gasteiger partial charge in [0.1, 0.15) is 23.6 Å². The molecule has 2 fully saturated rings. The van der Waals surface area contributed by atoms with Crippen LogP contribution in [0.25, 0.3) is 16.9 Å². The second-order valence-corrected chi connectivity index (χ2v) is 11.9. The number of hydrogen-bond donors (Lipinski definition) is 2. The molecule has 0 bridgehead atoms. The average Bonchev–Trinajstić information content (AvgIpc) is 3.68. The average molecular weight is 657 g/mol. The lowest BCUT2D eigenvalue weighted by molar-refractivity contribution is -0.134. The smallest absolute Gasteiger partial charge is 0.387 e. The van der Waals surface area contributed by atoms with Gasteiger partial charge in [-0.15, -0.1) is 11.8 Å². The van der Waals surface area contributed by atoms with Gasteiger partial charge in [0.05, 0.1) is 37.7 Å². The zero-order valence-corrected chi connectivity index (χ0v) is 25.9. The predicted octanol–water partition coefficient (Wildman–Crippen LogP) is 2.85. The molecular weight excluding hydrogens is 622 g/mol. The first-order valence-corrected chi connectivity index (χ1v) is 16.1. The number of rotatable bonds is 10. The minimum absolute atomic E-state index is 0.0253. The highest BCUT2D eigenvalue weighted by molar-refractivity contribution is 7.98. The van der Waals surface area contributed by atoms with Crippen LogP contribution in [0.3, 0.4) is 0 Å². The number of piperidine rings is 1. The molecule has 46 heavy (non-hydrogen) atoms. The Morgan fingerprint density at radius 2 is 2.07 bits per heavy atom. The van der Waals surface area contributed by atoms with Crippen molar-refractivity contribution in [2.24, 2.45) is 0 Å². The fraction of sp³-hybridized carbons (Fsp3) is 0.433.